The van der Waals surface area contributed by atoms with Crippen molar-refractivity contribution in [2.24, 2.45) is 0 Å². The Kier molecular flexibility index (Phi) is 6.26. The molecule has 0 fully saturated rings. The number of nitro groups is 2. The lowest BCUT2D eigenvalue weighted by molar-refractivity contribution is -0.385. The van der Waals surface area contributed by atoms with Crippen LogP contribution in [0, 0.1) is 20.2 Å². The number of para-hydroxylation sites is 2. The molecule has 0 N–H and O–H groups in total. The Morgan fingerprint density at radius 2 is 1.11 bits per heavy atom. The third-order valence-electron chi connectivity index (χ3n) is 3.27. The van der Waals surface area contributed by atoms with Crippen molar-refractivity contribution in [3.63, 3.8) is 0 Å². The zero-order valence-corrected chi connectivity index (χ0v) is 13.7. The maximum atomic E-state index is 11.7. The Morgan fingerprint density at radius 3 is 1.48 bits per heavy atom. The van der Waals surface area contributed by atoms with Crippen LogP contribution in [-0.2, 0) is 14.3 Å². The van der Waals surface area contributed by atoms with Gasteiger partial charge in [0.25, 0.3) is 11.4 Å². The molecule has 2 rings (SSSR count). The van der Waals surface area contributed by atoms with Gasteiger partial charge in [0, 0.05) is 24.3 Å². The van der Waals surface area contributed by atoms with Gasteiger partial charge in [-0.3, -0.25) is 20.2 Å². The molecule has 0 aliphatic carbocycles. The van der Waals surface area contributed by atoms with E-state index in [2.05, 4.69) is 4.74 Å². The summed E-state index contributed by atoms with van der Waals surface area (Å²) in [5, 5.41) is 21.8. The quantitative estimate of drug-likeness (QED) is 0.251. The first-order valence-electron chi connectivity index (χ1n) is 7.47. The van der Waals surface area contributed by atoms with E-state index in [1.165, 1.54) is 36.4 Å². The summed E-state index contributed by atoms with van der Waals surface area (Å²) < 4.78 is 4.50. The zero-order valence-electron chi connectivity index (χ0n) is 13.7. The minimum Gasteiger partial charge on any atom is -0.387 e. The van der Waals surface area contributed by atoms with Crippen molar-refractivity contribution in [3.8, 4) is 0 Å². The highest BCUT2D eigenvalue weighted by atomic mass is 16.6. The second-order valence-electron chi connectivity index (χ2n) is 5.04. The highest BCUT2D eigenvalue weighted by Crippen LogP contribution is 2.20. The van der Waals surface area contributed by atoms with Gasteiger partial charge in [-0.2, -0.15) is 0 Å². The summed E-state index contributed by atoms with van der Waals surface area (Å²) in [6.45, 7) is 0. The van der Waals surface area contributed by atoms with Crippen LogP contribution in [0.2, 0.25) is 0 Å². The van der Waals surface area contributed by atoms with Crippen LogP contribution in [0.25, 0.3) is 12.2 Å². The Morgan fingerprint density at radius 1 is 0.741 bits per heavy atom. The van der Waals surface area contributed by atoms with Crippen molar-refractivity contribution >= 4 is 35.5 Å². The Hall–Kier alpha value is -4.14. The van der Waals surface area contributed by atoms with Gasteiger partial charge in [-0.05, 0) is 24.3 Å². The average Bonchev–Trinajstić information content (AvgIpc) is 2.65. The first kappa shape index (κ1) is 19.2. The normalized spacial score (nSPS) is 10.8. The van der Waals surface area contributed by atoms with Gasteiger partial charge < -0.3 is 4.74 Å². The summed E-state index contributed by atoms with van der Waals surface area (Å²) in [4.78, 5) is 43.9. The summed E-state index contributed by atoms with van der Waals surface area (Å²) in [5.74, 6) is -2.07. The molecule has 9 nitrogen and oxygen atoms in total. The van der Waals surface area contributed by atoms with E-state index in [9.17, 15) is 29.8 Å². The molecule has 9 heteroatoms. The molecule has 2 aromatic rings. The van der Waals surface area contributed by atoms with Crippen LogP contribution in [0.4, 0.5) is 11.4 Å². The fourth-order valence-corrected chi connectivity index (χ4v) is 2.07. The topological polar surface area (TPSA) is 130 Å². The molecule has 0 saturated heterocycles. The lowest BCUT2D eigenvalue weighted by Gasteiger charge is -1.98. The monoisotopic (exact) mass is 368 g/mol. The zero-order chi connectivity index (χ0) is 19.8. The number of hydrogen-bond acceptors (Lipinski definition) is 7. The molecule has 0 amide bonds. The average molecular weight is 368 g/mol. The van der Waals surface area contributed by atoms with Crippen LogP contribution in [0.15, 0.2) is 60.7 Å². The SMILES string of the molecule is O=C(/C=C/c1ccccc1[N+](=O)[O-])OC(=O)/C=C/c1ccccc1[N+](=O)[O-]. The molecule has 0 heterocycles. The second-order valence-corrected chi connectivity index (χ2v) is 5.04. The molecule has 27 heavy (non-hydrogen) atoms. The predicted octanol–water partition coefficient (Wildman–Crippen LogP) is 3.30. The number of nitro benzene ring substituents is 2. The maximum absolute atomic E-state index is 11.7. The summed E-state index contributed by atoms with van der Waals surface area (Å²) in [5.41, 5.74) is -0.0713. The molecule has 0 aliphatic heterocycles. The summed E-state index contributed by atoms with van der Waals surface area (Å²) in [7, 11) is 0. The van der Waals surface area contributed by atoms with E-state index in [-0.39, 0.29) is 22.5 Å². The summed E-state index contributed by atoms with van der Waals surface area (Å²) in [6.07, 6.45) is 4.05. The molecule has 0 aliphatic rings. The van der Waals surface area contributed by atoms with Gasteiger partial charge >= 0.3 is 11.9 Å². The molecular weight excluding hydrogens is 356 g/mol. The molecule has 136 valence electrons. The minimum absolute atomic E-state index is 0.169. The van der Waals surface area contributed by atoms with E-state index in [0.717, 1.165) is 24.3 Å². The van der Waals surface area contributed by atoms with E-state index < -0.39 is 21.8 Å². The molecular formula is C18H12N2O7. The third kappa shape index (κ3) is 5.43. The van der Waals surface area contributed by atoms with Crippen molar-refractivity contribution in [1.29, 1.82) is 0 Å². The highest BCUT2D eigenvalue weighted by Gasteiger charge is 2.12. The Bertz CT molecular complexity index is 886. The van der Waals surface area contributed by atoms with Gasteiger partial charge in [-0.15, -0.1) is 0 Å². The van der Waals surface area contributed by atoms with Crippen LogP contribution >= 0.6 is 0 Å². The number of nitrogens with zero attached hydrogens (tertiary/aromatic N) is 2. The van der Waals surface area contributed by atoms with Gasteiger partial charge in [0.05, 0.1) is 21.0 Å². The van der Waals surface area contributed by atoms with Crippen LogP contribution in [0.1, 0.15) is 11.1 Å². The first-order chi connectivity index (χ1) is 12.9. The number of ether oxygens (including phenoxy) is 1. The van der Waals surface area contributed by atoms with Crippen molar-refractivity contribution in [1.82, 2.24) is 0 Å². The lowest BCUT2D eigenvalue weighted by atomic mass is 10.1. The molecule has 0 aromatic heterocycles. The van der Waals surface area contributed by atoms with Crippen molar-refractivity contribution in [3.05, 3.63) is 92.0 Å². The molecule has 0 bridgehead atoms. The largest absolute Gasteiger partial charge is 0.387 e. The minimum atomic E-state index is -1.04. The van der Waals surface area contributed by atoms with E-state index in [1.807, 2.05) is 0 Å². The molecule has 0 atom stereocenters. The highest BCUT2D eigenvalue weighted by molar-refractivity contribution is 6.00. The molecule has 0 radical (unpaired) electrons. The number of benzene rings is 2. The van der Waals surface area contributed by atoms with Gasteiger partial charge in [-0.1, -0.05) is 24.3 Å². The van der Waals surface area contributed by atoms with Crippen LogP contribution in [0.3, 0.4) is 0 Å². The van der Waals surface area contributed by atoms with Gasteiger partial charge in [0.2, 0.25) is 0 Å². The summed E-state index contributed by atoms with van der Waals surface area (Å²) >= 11 is 0. The second kappa shape index (κ2) is 8.81. The van der Waals surface area contributed by atoms with E-state index >= 15 is 0 Å². The van der Waals surface area contributed by atoms with Gasteiger partial charge in [0.1, 0.15) is 0 Å². The standard InChI is InChI=1S/C18H12N2O7/c21-17(11-9-13-5-1-3-7-15(13)19(23)24)27-18(22)12-10-14-6-2-4-8-16(14)20(25)26/h1-12H/b11-9+,12-10+. The van der Waals surface area contributed by atoms with Crippen LogP contribution in [0.5, 0.6) is 0 Å². The molecule has 2 aromatic carbocycles. The molecule has 0 spiro atoms. The number of esters is 2. The number of hydrogen-bond donors (Lipinski definition) is 0. The molecule has 0 unspecified atom stereocenters. The van der Waals surface area contributed by atoms with E-state index in [1.54, 1.807) is 12.1 Å². The van der Waals surface area contributed by atoms with Crippen LogP contribution in [-0.4, -0.2) is 21.8 Å². The Labute approximate surface area is 152 Å². The number of carbonyl (C=O) groups excluding carboxylic acids is 2. The van der Waals surface area contributed by atoms with Crippen molar-refractivity contribution in [2.75, 3.05) is 0 Å². The fourth-order valence-electron chi connectivity index (χ4n) is 2.07. The van der Waals surface area contributed by atoms with Gasteiger partial charge in [0.15, 0.2) is 0 Å². The maximum Gasteiger partial charge on any atom is 0.338 e. The fraction of sp³-hybridized carbons (Fsp3) is 0. The Balaban J connectivity index is 2.04. The third-order valence-corrected chi connectivity index (χ3v) is 3.27. The number of rotatable bonds is 6. The first-order valence-corrected chi connectivity index (χ1v) is 7.47. The van der Waals surface area contributed by atoms with Crippen molar-refractivity contribution < 1.29 is 24.2 Å². The lowest BCUT2D eigenvalue weighted by Crippen LogP contribution is -2.07. The van der Waals surface area contributed by atoms with Gasteiger partial charge in [-0.25, -0.2) is 9.59 Å². The number of carbonyl (C=O) groups is 2. The molecule has 0 saturated carbocycles. The summed E-state index contributed by atoms with van der Waals surface area (Å²) in [6, 6.07) is 11.5. The van der Waals surface area contributed by atoms with Crippen LogP contribution < -0.4 is 0 Å². The predicted molar refractivity (Wildman–Crippen MR) is 95.4 cm³/mol. The van der Waals surface area contributed by atoms with E-state index in [4.69, 9.17) is 0 Å². The van der Waals surface area contributed by atoms with Crippen molar-refractivity contribution in [2.45, 2.75) is 0 Å². The van der Waals surface area contributed by atoms with E-state index in [0.29, 0.717) is 0 Å². The smallest absolute Gasteiger partial charge is 0.338 e.